The summed E-state index contributed by atoms with van der Waals surface area (Å²) in [4.78, 5) is 40.8. The van der Waals surface area contributed by atoms with Gasteiger partial charge in [0.2, 0.25) is 5.91 Å². The number of hydrogen-bond acceptors (Lipinski definition) is 5. The summed E-state index contributed by atoms with van der Waals surface area (Å²) >= 11 is 11.6. The molecule has 0 spiro atoms. The molecule has 2 aromatic carbocycles. The van der Waals surface area contributed by atoms with Gasteiger partial charge in [-0.05, 0) is 49.8 Å². The van der Waals surface area contributed by atoms with Gasteiger partial charge in [-0.25, -0.2) is 0 Å². The van der Waals surface area contributed by atoms with Crippen molar-refractivity contribution in [3.05, 3.63) is 74.2 Å². The molecule has 32 heavy (non-hydrogen) atoms. The number of aromatic nitrogens is 2. The molecule has 1 atom stereocenters. The van der Waals surface area contributed by atoms with Crippen LogP contribution in [0.15, 0.2) is 53.3 Å². The number of hydrogen-bond donors (Lipinski definition) is 2. The topological polar surface area (TPSA) is 93.2 Å². The Kier molecular flexibility index (Phi) is 7.82. The maximum atomic E-state index is 12.8. The van der Waals surface area contributed by atoms with E-state index in [4.69, 9.17) is 28.6 Å². The molecular weight excluding hydrogens is 450 g/mol. The number of fused-ring (bicyclic) bond motifs is 1. The van der Waals surface area contributed by atoms with E-state index in [1.54, 1.807) is 56.3 Å². The van der Waals surface area contributed by atoms with Gasteiger partial charge in [0.05, 0.1) is 29.5 Å². The Balaban J connectivity index is 1.76. The van der Waals surface area contributed by atoms with Gasteiger partial charge in [-0.1, -0.05) is 41.9 Å². The van der Waals surface area contributed by atoms with Crippen LogP contribution in [0, 0.1) is 4.77 Å². The second-order valence-corrected chi connectivity index (χ2v) is 8.36. The molecule has 1 unspecified atom stereocenters. The minimum atomic E-state index is -0.662. The van der Waals surface area contributed by atoms with Crippen molar-refractivity contribution in [1.82, 2.24) is 14.9 Å². The van der Waals surface area contributed by atoms with Crippen molar-refractivity contribution in [1.29, 1.82) is 0 Å². The number of aromatic amines is 1. The lowest BCUT2D eigenvalue weighted by atomic mass is 10.0. The third-order valence-electron chi connectivity index (χ3n) is 4.81. The number of carbonyl (C=O) groups is 2. The van der Waals surface area contributed by atoms with Gasteiger partial charge in [-0.3, -0.25) is 19.0 Å². The van der Waals surface area contributed by atoms with Gasteiger partial charge in [0, 0.05) is 18.0 Å². The molecule has 1 heterocycles. The van der Waals surface area contributed by atoms with Gasteiger partial charge in [-0.15, -0.1) is 0 Å². The summed E-state index contributed by atoms with van der Waals surface area (Å²) in [5, 5.41) is 3.77. The molecule has 1 amide bonds. The Morgan fingerprint density at radius 1 is 1.16 bits per heavy atom. The fourth-order valence-corrected chi connectivity index (χ4v) is 3.91. The second-order valence-electron chi connectivity index (χ2n) is 7.57. The highest BCUT2D eigenvalue weighted by Gasteiger charge is 2.22. The quantitative estimate of drug-likeness (QED) is 0.376. The summed E-state index contributed by atoms with van der Waals surface area (Å²) in [6.07, 6.45) is -0.342. The van der Waals surface area contributed by atoms with Gasteiger partial charge >= 0.3 is 5.97 Å². The first-order valence-corrected chi connectivity index (χ1v) is 11.0. The molecule has 0 aliphatic carbocycles. The third kappa shape index (κ3) is 5.83. The van der Waals surface area contributed by atoms with Crippen LogP contribution in [0.5, 0.6) is 0 Å². The number of para-hydroxylation sites is 1. The number of halogens is 1. The Hall–Kier alpha value is -2.97. The molecule has 7 nitrogen and oxygen atoms in total. The van der Waals surface area contributed by atoms with Crippen molar-refractivity contribution >= 4 is 46.6 Å². The van der Waals surface area contributed by atoms with Crippen LogP contribution in [0.1, 0.15) is 38.3 Å². The molecular formula is C23H24ClN3O4S. The highest BCUT2D eigenvalue weighted by Crippen LogP contribution is 2.25. The zero-order chi connectivity index (χ0) is 23.3. The third-order valence-corrected chi connectivity index (χ3v) is 5.47. The lowest BCUT2D eigenvalue weighted by Crippen LogP contribution is -2.33. The van der Waals surface area contributed by atoms with Crippen molar-refractivity contribution in [3.63, 3.8) is 0 Å². The van der Waals surface area contributed by atoms with Crippen LogP contribution >= 0.6 is 23.8 Å². The number of ether oxygens (including phenoxy) is 1. The highest BCUT2D eigenvalue weighted by atomic mass is 35.5. The molecule has 1 aromatic heterocycles. The monoisotopic (exact) mass is 473 g/mol. The first-order valence-electron chi connectivity index (χ1n) is 10.2. The van der Waals surface area contributed by atoms with Crippen LogP contribution in [0.25, 0.3) is 10.9 Å². The fourth-order valence-electron chi connectivity index (χ4n) is 3.36. The summed E-state index contributed by atoms with van der Waals surface area (Å²) in [6, 6.07) is 13.4. The summed E-state index contributed by atoms with van der Waals surface area (Å²) in [5.74, 6) is -0.792. The molecule has 0 aliphatic heterocycles. The van der Waals surface area contributed by atoms with Crippen LogP contribution in [0.3, 0.4) is 0 Å². The lowest BCUT2D eigenvalue weighted by Gasteiger charge is -2.20. The molecule has 0 aliphatic rings. The maximum absolute atomic E-state index is 12.8. The summed E-state index contributed by atoms with van der Waals surface area (Å²) in [5.41, 5.74) is 0.995. The number of rotatable bonds is 8. The standard InChI is InChI=1S/C23H24ClN3O4S/c1-14(2)31-21(29)13-19(15-7-3-5-9-17(15)24)25-20(28)11-12-27-22(30)16-8-4-6-10-18(16)26-23(27)32/h3-10,14,19H,11-13H2,1-2H3,(H,25,28)(H,26,32). The van der Waals surface area contributed by atoms with Crippen molar-refractivity contribution in [2.45, 2.75) is 45.4 Å². The Bertz CT molecular complexity index is 1250. The normalized spacial score (nSPS) is 12.0. The van der Waals surface area contributed by atoms with E-state index in [2.05, 4.69) is 10.3 Å². The summed E-state index contributed by atoms with van der Waals surface area (Å²) in [6.45, 7) is 3.61. The van der Waals surface area contributed by atoms with Crippen molar-refractivity contribution in [2.24, 2.45) is 0 Å². The first kappa shape index (κ1) is 23.7. The molecule has 0 fully saturated rings. The van der Waals surface area contributed by atoms with E-state index in [0.29, 0.717) is 21.5 Å². The van der Waals surface area contributed by atoms with Gasteiger partial charge in [0.1, 0.15) is 0 Å². The molecule has 2 N–H and O–H groups in total. The Morgan fingerprint density at radius 2 is 1.84 bits per heavy atom. The number of nitrogens with one attached hydrogen (secondary N) is 2. The van der Waals surface area contributed by atoms with Crippen LogP contribution < -0.4 is 10.9 Å². The van der Waals surface area contributed by atoms with Crippen molar-refractivity contribution < 1.29 is 14.3 Å². The number of esters is 1. The second kappa shape index (κ2) is 10.6. The minimum absolute atomic E-state index is 0.00406. The van der Waals surface area contributed by atoms with Crippen molar-refractivity contribution in [2.75, 3.05) is 0 Å². The predicted molar refractivity (Wildman–Crippen MR) is 126 cm³/mol. The number of carbonyl (C=O) groups excluding carboxylic acids is 2. The van der Waals surface area contributed by atoms with E-state index in [9.17, 15) is 14.4 Å². The average molecular weight is 474 g/mol. The van der Waals surface area contributed by atoms with E-state index in [0.717, 1.165) is 0 Å². The van der Waals surface area contributed by atoms with Crippen molar-refractivity contribution in [3.8, 4) is 0 Å². The summed E-state index contributed by atoms with van der Waals surface area (Å²) in [7, 11) is 0. The zero-order valence-corrected chi connectivity index (χ0v) is 19.3. The number of nitrogens with zero attached hydrogens (tertiary/aromatic N) is 1. The van der Waals surface area contributed by atoms with Crippen LogP contribution in [-0.4, -0.2) is 27.5 Å². The molecule has 0 saturated heterocycles. The van der Waals surface area contributed by atoms with Crippen LogP contribution in [0.2, 0.25) is 5.02 Å². The molecule has 0 radical (unpaired) electrons. The molecule has 3 aromatic rings. The van der Waals surface area contributed by atoms with Gasteiger partial charge < -0.3 is 15.0 Å². The highest BCUT2D eigenvalue weighted by molar-refractivity contribution is 7.71. The number of amides is 1. The Morgan fingerprint density at radius 3 is 2.56 bits per heavy atom. The van der Waals surface area contributed by atoms with E-state index >= 15 is 0 Å². The fraction of sp³-hybridized carbons (Fsp3) is 0.304. The predicted octanol–water partition coefficient (Wildman–Crippen LogP) is 4.30. The van der Waals surface area contributed by atoms with E-state index in [-0.39, 0.29) is 41.7 Å². The molecule has 0 bridgehead atoms. The molecule has 9 heteroatoms. The largest absolute Gasteiger partial charge is 0.463 e. The van der Waals surface area contributed by atoms with E-state index in [1.165, 1.54) is 4.57 Å². The van der Waals surface area contributed by atoms with Gasteiger partial charge in [-0.2, -0.15) is 0 Å². The minimum Gasteiger partial charge on any atom is -0.463 e. The average Bonchev–Trinajstić information content (AvgIpc) is 2.73. The van der Waals surface area contributed by atoms with Crippen LogP contribution in [-0.2, 0) is 20.9 Å². The Labute approximate surface area is 195 Å². The van der Waals surface area contributed by atoms with E-state index < -0.39 is 12.0 Å². The molecule has 3 rings (SSSR count). The van der Waals surface area contributed by atoms with E-state index in [1.807, 2.05) is 6.07 Å². The lowest BCUT2D eigenvalue weighted by molar-refractivity contribution is -0.148. The summed E-state index contributed by atoms with van der Waals surface area (Å²) < 4.78 is 6.82. The number of benzene rings is 2. The maximum Gasteiger partial charge on any atom is 0.308 e. The zero-order valence-electron chi connectivity index (χ0n) is 17.8. The SMILES string of the molecule is CC(C)OC(=O)CC(NC(=O)CCn1c(=S)[nH]c2ccccc2c1=O)c1ccccc1Cl. The van der Waals surface area contributed by atoms with Gasteiger partial charge in [0.25, 0.3) is 5.56 Å². The number of H-pyrrole nitrogens is 1. The van der Waals surface area contributed by atoms with Crippen LogP contribution in [0.4, 0.5) is 0 Å². The smallest absolute Gasteiger partial charge is 0.308 e. The van der Waals surface area contributed by atoms with Gasteiger partial charge in [0.15, 0.2) is 4.77 Å². The molecule has 0 saturated carbocycles. The first-order chi connectivity index (χ1) is 15.3. The molecule has 168 valence electrons.